The van der Waals surface area contributed by atoms with Crippen LogP contribution in [-0.2, 0) is 6.54 Å². The van der Waals surface area contributed by atoms with Crippen molar-refractivity contribution in [1.82, 2.24) is 9.55 Å². The molecule has 0 saturated heterocycles. The third kappa shape index (κ3) is 2.64. The maximum atomic E-state index is 5.80. The van der Waals surface area contributed by atoms with E-state index >= 15 is 0 Å². The Bertz CT molecular complexity index is 612. The molecule has 0 aliphatic heterocycles. The molecule has 1 saturated carbocycles. The predicted molar refractivity (Wildman–Crippen MR) is 85.7 cm³/mol. The van der Waals surface area contributed by atoms with Crippen LogP contribution in [0, 0.1) is 5.92 Å². The second kappa shape index (κ2) is 6.06. The van der Waals surface area contributed by atoms with E-state index in [1.54, 1.807) is 7.11 Å². The topological polar surface area (TPSA) is 53.1 Å². The van der Waals surface area contributed by atoms with Crippen molar-refractivity contribution < 1.29 is 4.74 Å². The van der Waals surface area contributed by atoms with Gasteiger partial charge in [-0.05, 0) is 57.2 Å². The van der Waals surface area contributed by atoms with Gasteiger partial charge in [0.15, 0.2) is 0 Å². The van der Waals surface area contributed by atoms with Crippen LogP contribution in [0.15, 0.2) is 18.2 Å². The van der Waals surface area contributed by atoms with E-state index in [9.17, 15) is 0 Å². The number of hydrogen-bond acceptors (Lipinski definition) is 3. The summed E-state index contributed by atoms with van der Waals surface area (Å²) in [4.78, 5) is 4.92. The molecule has 0 atom stereocenters. The first-order chi connectivity index (χ1) is 10.3. The smallest absolute Gasteiger partial charge is 0.121 e. The highest BCUT2D eigenvalue weighted by Crippen LogP contribution is 2.36. The van der Waals surface area contributed by atoms with Gasteiger partial charge in [0.05, 0.1) is 18.1 Å². The van der Waals surface area contributed by atoms with E-state index < -0.39 is 0 Å². The molecule has 0 bridgehead atoms. The lowest BCUT2D eigenvalue weighted by molar-refractivity contribution is 0.321. The Morgan fingerprint density at radius 3 is 2.67 bits per heavy atom. The molecule has 1 heterocycles. The largest absolute Gasteiger partial charge is 0.497 e. The summed E-state index contributed by atoms with van der Waals surface area (Å²) in [6.07, 6.45) is 4.89. The summed E-state index contributed by atoms with van der Waals surface area (Å²) in [6.45, 7) is 3.99. The molecule has 0 radical (unpaired) electrons. The number of methoxy groups -OCH3 is 1. The van der Waals surface area contributed by atoms with Crippen molar-refractivity contribution in [3.63, 3.8) is 0 Å². The van der Waals surface area contributed by atoms with Crippen LogP contribution in [0.25, 0.3) is 11.0 Å². The minimum Gasteiger partial charge on any atom is -0.497 e. The van der Waals surface area contributed by atoms with Crippen LogP contribution in [-0.4, -0.2) is 23.2 Å². The first-order valence-corrected chi connectivity index (χ1v) is 8.01. The molecule has 0 spiro atoms. The Balaban J connectivity index is 1.94. The van der Waals surface area contributed by atoms with Crippen molar-refractivity contribution in [1.29, 1.82) is 0 Å². The molecule has 21 heavy (non-hydrogen) atoms. The minimum absolute atomic E-state index is 0.575. The van der Waals surface area contributed by atoms with Crippen molar-refractivity contribution in [2.24, 2.45) is 11.7 Å². The van der Waals surface area contributed by atoms with Crippen molar-refractivity contribution in [3.8, 4) is 5.75 Å². The van der Waals surface area contributed by atoms with Crippen LogP contribution >= 0.6 is 0 Å². The quantitative estimate of drug-likeness (QED) is 0.938. The Kier molecular flexibility index (Phi) is 4.15. The van der Waals surface area contributed by atoms with E-state index in [1.165, 1.54) is 37.0 Å². The fraction of sp³-hybridized carbons (Fsp3) is 0.588. The number of nitrogens with zero attached hydrogens (tertiary/aromatic N) is 2. The summed E-state index contributed by atoms with van der Waals surface area (Å²) < 4.78 is 7.68. The Hall–Kier alpha value is -1.55. The number of imidazole rings is 1. The van der Waals surface area contributed by atoms with E-state index in [4.69, 9.17) is 15.5 Å². The normalized spacial score (nSPS) is 22.6. The van der Waals surface area contributed by atoms with Gasteiger partial charge in [0.1, 0.15) is 11.6 Å². The highest BCUT2D eigenvalue weighted by atomic mass is 16.5. The maximum Gasteiger partial charge on any atom is 0.121 e. The average Bonchev–Trinajstić information content (AvgIpc) is 2.92. The average molecular weight is 287 g/mol. The fourth-order valence-electron chi connectivity index (χ4n) is 3.56. The molecule has 2 N–H and O–H groups in total. The molecule has 3 rings (SSSR count). The SMILES string of the molecule is CCn1c(C2CCC(CN)CC2)nc2cc(OC)ccc21. The van der Waals surface area contributed by atoms with Gasteiger partial charge in [0.25, 0.3) is 0 Å². The molecule has 1 aromatic carbocycles. The molecule has 1 aromatic heterocycles. The number of fused-ring (bicyclic) bond motifs is 1. The maximum absolute atomic E-state index is 5.80. The third-order valence-corrected chi connectivity index (χ3v) is 4.85. The van der Waals surface area contributed by atoms with E-state index in [1.807, 2.05) is 12.1 Å². The first-order valence-electron chi connectivity index (χ1n) is 8.01. The van der Waals surface area contributed by atoms with Crippen LogP contribution in [0.1, 0.15) is 44.3 Å². The van der Waals surface area contributed by atoms with E-state index in [2.05, 4.69) is 17.6 Å². The zero-order valence-electron chi connectivity index (χ0n) is 13.0. The summed E-state index contributed by atoms with van der Waals surface area (Å²) in [5.74, 6) is 3.41. The molecule has 4 heteroatoms. The second-order valence-corrected chi connectivity index (χ2v) is 6.02. The Labute approximate surface area is 126 Å². The van der Waals surface area contributed by atoms with Crippen LogP contribution in [0.3, 0.4) is 0 Å². The van der Waals surface area contributed by atoms with Gasteiger partial charge in [-0.2, -0.15) is 0 Å². The summed E-state index contributed by atoms with van der Waals surface area (Å²) in [6, 6.07) is 6.18. The molecule has 0 amide bonds. The molecule has 0 unspecified atom stereocenters. The van der Waals surface area contributed by atoms with Crippen LogP contribution in [0.4, 0.5) is 0 Å². The van der Waals surface area contributed by atoms with Gasteiger partial charge in [0.2, 0.25) is 0 Å². The van der Waals surface area contributed by atoms with Crippen molar-refractivity contribution in [3.05, 3.63) is 24.0 Å². The summed E-state index contributed by atoms with van der Waals surface area (Å²) >= 11 is 0. The summed E-state index contributed by atoms with van der Waals surface area (Å²) in [7, 11) is 1.70. The fourth-order valence-corrected chi connectivity index (χ4v) is 3.56. The third-order valence-electron chi connectivity index (χ3n) is 4.85. The van der Waals surface area contributed by atoms with Crippen molar-refractivity contribution >= 4 is 11.0 Å². The van der Waals surface area contributed by atoms with Crippen LogP contribution < -0.4 is 10.5 Å². The molecule has 1 aliphatic carbocycles. The van der Waals surface area contributed by atoms with E-state index in [0.717, 1.165) is 24.4 Å². The van der Waals surface area contributed by atoms with Gasteiger partial charge in [0, 0.05) is 18.5 Å². The highest BCUT2D eigenvalue weighted by Gasteiger charge is 2.25. The van der Waals surface area contributed by atoms with Gasteiger partial charge in [-0.3, -0.25) is 0 Å². The molecule has 114 valence electrons. The van der Waals surface area contributed by atoms with E-state index in [-0.39, 0.29) is 0 Å². The number of aromatic nitrogens is 2. The minimum atomic E-state index is 0.575. The highest BCUT2D eigenvalue weighted by molar-refractivity contribution is 5.78. The van der Waals surface area contributed by atoms with Crippen LogP contribution in [0.5, 0.6) is 5.75 Å². The molecular formula is C17H25N3O. The summed E-state index contributed by atoms with van der Waals surface area (Å²) in [5.41, 5.74) is 8.07. The molecule has 1 aliphatic rings. The predicted octanol–water partition coefficient (Wildman–Crippen LogP) is 3.30. The monoisotopic (exact) mass is 287 g/mol. The first kappa shape index (κ1) is 14.4. The lowest BCUT2D eigenvalue weighted by Crippen LogP contribution is -2.22. The Morgan fingerprint density at radius 1 is 1.29 bits per heavy atom. The second-order valence-electron chi connectivity index (χ2n) is 6.02. The lowest BCUT2D eigenvalue weighted by Gasteiger charge is -2.27. The Morgan fingerprint density at radius 2 is 2.05 bits per heavy atom. The molecule has 1 fully saturated rings. The lowest BCUT2D eigenvalue weighted by atomic mass is 9.81. The molecule has 2 aromatic rings. The zero-order chi connectivity index (χ0) is 14.8. The number of nitrogens with two attached hydrogens (primary N) is 1. The molecular weight excluding hydrogens is 262 g/mol. The van der Waals surface area contributed by atoms with Gasteiger partial charge in [-0.15, -0.1) is 0 Å². The molecule has 4 nitrogen and oxygen atoms in total. The van der Waals surface area contributed by atoms with E-state index in [0.29, 0.717) is 11.8 Å². The number of ether oxygens (including phenoxy) is 1. The van der Waals surface area contributed by atoms with Gasteiger partial charge in [-0.25, -0.2) is 4.98 Å². The van der Waals surface area contributed by atoms with Crippen molar-refractivity contribution in [2.75, 3.05) is 13.7 Å². The van der Waals surface area contributed by atoms with Crippen LogP contribution in [0.2, 0.25) is 0 Å². The van der Waals surface area contributed by atoms with Gasteiger partial charge >= 0.3 is 0 Å². The number of aryl methyl sites for hydroxylation is 1. The van der Waals surface area contributed by atoms with Crippen molar-refractivity contribution in [2.45, 2.75) is 45.1 Å². The summed E-state index contributed by atoms with van der Waals surface area (Å²) in [5, 5.41) is 0. The number of benzene rings is 1. The van der Waals surface area contributed by atoms with Gasteiger partial charge in [-0.1, -0.05) is 0 Å². The van der Waals surface area contributed by atoms with Gasteiger partial charge < -0.3 is 15.0 Å². The zero-order valence-corrected chi connectivity index (χ0v) is 13.0. The number of hydrogen-bond donors (Lipinski definition) is 1. The number of rotatable bonds is 4. The standard InChI is InChI=1S/C17H25N3O/c1-3-20-16-9-8-14(21-2)10-15(16)19-17(20)13-6-4-12(11-18)5-7-13/h8-10,12-13H,3-7,11,18H2,1-2H3.